The van der Waals surface area contributed by atoms with E-state index in [1.165, 1.54) is 7.11 Å². The molecule has 0 aliphatic heterocycles. The van der Waals surface area contributed by atoms with Crippen LogP contribution in [0, 0.1) is 11.8 Å². The molecule has 0 radical (unpaired) electrons. The number of methoxy groups -OCH3 is 2. The van der Waals surface area contributed by atoms with Crippen molar-refractivity contribution in [2.45, 2.75) is 58.5 Å². The Kier molecular flexibility index (Phi) is 11.0. The summed E-state index contributed by atoms with van der Waals surface area (Å²) in [7, 11) is 6.90. The largest absolute Gasteiger partial charge is 0.507 e. The molecule has 8 aromatic rings. The van der Waals surface area contributed by atoms with Crippen molar-refractivity contribution in [3.63, 3.8) is 0 Å². The fourth-order valence-corrected chi connectivity index (χ4v) is 7.97. The second-order valence-electron chi connectivity index (χ2n) is 16.8. The molecule has 1 N–H and O–H groups in total. The highest BCUT2D eigenvalue weighted by molar-refractivity contribution is 6.03. The van der Waals surface area contributed by atoms with E-state index in [9.17, 15) is 14.7 Å². The highest BCUT2D eigenvalue weighted by Gasteiger charge is 2.30. The predicted molar refractivity (Wildman–Crippen MR) is 240 cm³/mol. The van der Waals surface area contributed by atoms with Crippen molar-refractivity contribution >= 4 is 33.6 Å². The summed E-state index contributed by atoms with van der Waals surface area (Å²) in [5, 5.41) is 19.1. The quantitative estimate of drug-likeness (QED) is 0.105. The van der Waals surface area contributed by atoms with Crippen LogP contribution >= 0.6 is 0 Å². The van der Waals surface area contributed by atoms with Crippen molar-refractivity contribution in [1.82, 2.24) is 38.7 Å². The molecule has 63 heavy (non-hydrogen) atoms. The molecule has 0 atom stereocenters. The van der Waals surface area contributed by atoms with E-state index in [1.54, 1.807) is 41.3 Å². The first kappa shape index (κ1) is 41.1. The summed E-state index contributed by atoms with van der Waals surface area (Å²) in [6, 6.07) is 19.4. The zero-order chi connectivity index (χ0) is 43.9. The van der Waals surface area contributed by atoms with E-state index in [4.69, 9.17) is 14.2 Å². The van der Waals surface area contributed by atoms with Crippen LogP contribution in [0.25, 0.3) is 55.7 Å². The third-order valence-electron chi connectivity index (χ3n) is 11.5. The molecule has 4 aromatic heterocycles. The minimum Gasteiger partial charge on any atom is -0.507 e. The molecule has 4 heterocycles. The number of aromatic hydroxyl groups is 1. The molecule has 14 heteroatoms. The second kappa shape index (κ2) is 16.9. The normalized spacial score (nSPS) is 13.6. The first-order valence-corrected chi connectivity index (χ1v) is 21.2. The Balaban J connectivity index is 0.000000161. The Morgan fingerprint density at radius 1 is 0.651 bits per heavy atom. The Morgan fingerprint density at radius 2 is 1.11 bits per heavy atom. The van der Waals surface area contributed by atoms with Gasteiger partial charge in [-0.05, 0) is 86.8 Å². The van der Waals surface area contributed by atoms with E-state index in [0.717, 1.165) is 75.7 Å². The van der Waals surface area contributed by atoms with Gasteiger partial charge in [-0.1, -0.05) is 12.1 Å². The molecule has 2 aliphatic carbocycles. The molecule has 14 nitrogen and oxygen atoms in total. The van der Waals surface area contributed by atoms with Crippen LogP contribution in [0.2, 0.25) is 0 Å². The minimum absolute atomic E-state index is 0.0659. The van der Waals surface area contributed by atoms with Crippen LogP contribution in [0.15, 0.2) is 98.1 Å². The molecule has 4 aromatic carbocycles. The maximum absolute atomic E-state index is 13.1. The van der Waals surface area contributed by atoms with Gasteiger partial charge in [0.1, 0.15) is 46.8 Å². The highest BCUT2D eigenvalue weighted by Crippen LogP contribution is 2.41. The summed E-state index contributed by atoms with van der Waals surface area (Å²) in [6.45, 7) is 3.92. The van der Waals surface area contributed by atoms with Gasteiger partial charge >= 0.3 is 0 Å². The lowest BCUT2D eigenvalue weighted by molar-refractivity contribution is 0.0959. The number of rotatable bonds is 14. The van der Waals surface area contributed by atoms with E-state index in [0.29, 0.717) is 53.2 Å². The lowest BCUT2D eigenvalue weighted by Crippen LogP contribution is -2.13. The molecule has 10 rings (SSSR count). The number of Topliss-reactive ketones (excluding diaryl/α,β-unsaturated/α-hetero) is 2. The number of phenolic OH excluding ortho intramolecular Hbond substituents is 1. The first-order valence-electron chi connectivity index (χ1n) is 21.2. The molecule has 0 saturated heterocycles. The summed E-state index contributed by atoms with van der Waals surface area (Å²) >= 11 is 0. The SMILES string of the molecule is COc1cc(-n2cnc3cc(-c4cnn(C)c4)ccc32)cc(O)c1C(=O)CC1CC1.COc1cc(-n2cnc3cc(-c4cnn(C)c4)ccc32)cc(OC(C)C)c1C(=O)CC1CC1. The van der Waals surface area contributed by atoms with Crippen LogP contribution in [0.5, 0.6) is 23.0 Å². The van der Waals surface area contributed by atoms with Gasteiger partial charge in [0.05, 0.1) is 66.2 Å². The van der Waals surface area contributed by atoms with E-state index in [2.05, 4.69) is 32.3 Å². The molecule has 2 saturated carbocycles. The molecule has 0 unspecified atom stereocenters. The van der Waals surface area contributed by atoms with Crippen molar-refractivity contribution in [2.75, 3.05) is 14.2 Å². The van der Waals surface area contributed by atoms with E-state index >= 15 is 0 Å². The number of benzene rings is 4. The van der Waals surface area contributed by atoms with Crippen LogP contribution < -0.4 is 14.2 Å². The number of phenols is 1. The van der Waals surface area contributed by atoms with Crippen LogP contribution in [0.4, 0.5) is 0 Å². The Bertz CT molecular complexity index is 3000. The number of carbonyl (C=O) groups excluding carboxylic acids is 2. The fourth-order valence-electron chi connectivity index (χ4n) is 7.97. The van der Waals surface area contributed by atoms with Crippen molar-refractivity contribution in [2.24, 2.45) is 25.9 Å². The number of ketones is 2. The molecule has 2 fully saturated rings. The molecular formula is C49H50N8O6. The Morgan fingerprint density at radius 3 is 1.56 bits per heavy atom. The van der Waals surface area contributed by atoms with Gasteiger partial charge in [-0.15, -0.1) is 0 Å². The Labute approximate surface area is 364 Å². The maximum Gasteiger partial charge on any atom is 0.170 e. The zero-order valence-corrected chi connectivity index (χ0v) is 36.3. The smallest absolute Gasteiger partial charge is 0.170 e. The lowest BCUT2D eigenvalue weighted by atomic mass is 10.0. The van der Waals surface area contributed by atoms with Crippen molar-refractivity contribution in [3.8, 4) is 56.6 Å². The monoisotopic (exact) mass is 846 g/mol. The third-order valence-corrected chi connectivity index (χ3v) is 11.5. The van der Waals surface area contributed by atoms with Gasteiger partial charge in [0, 0.05) is 74.7 Å². The number of aromatic nitrogens is 8. The fraction of sp³-hybridized carbons (Fsp3) is 0.306. The van der Waals surface area contributed by atoms with E-state index in [-0.39, 0.29) is 29.0 Å². The summed E-state index contributed by atoms with van der Waals surface area (Å²) < 4.78 is 24.6. The number of carbonyl (C=O) groups is 2. The number of fused-ring (bicyclic) bond motifs is 2. The van der Waals surface area contributed by atoms with Gasteiger partial charge < -0.3 is 19.3 Å². The first-order chi connectivity index (χ1) is 30.5. The van der Waals surface area contributed by atoms with Gasteiger partial charge in [0.15, 0.2) is 11.6 Å². The molecule has 0 spiro atoms. The molecule has 0 bridgehead atoms. The second-order valence-corrected chi connectivity index (χ2v) is 16.8. The number of hydrogen-bond donors (Lipinski definition) is 1. The van der Waals surface area contributed by atoms with Crippen LogP contribution in [0.1, 0.15) is 73.1 Å². The van der Waals surface area contributed by atoms with Crippen LogP contribution in [0.3, 0.4) is 0 Å². The zero-order valence-electron chi connectivity index (χ0n) is 36.3. The van der Waals surface area contributed by atoms with Crippen molar-refractivity contribution in [1.29, 1.82) is 0 Å². The number of imidazole rings is 2. The minimum atomic E-state index is -0.0741. The van der Waals surface area contributed by atoms with Gasteiger partial charge in [0.25, 0.3) is 0 Å². The van der Waals surface area contributed by atoms with Crippen LogP contribution in [-0.4, -0.2) is 75.7 Å². The number of ether oxygens (including phenoxy) is 3. The summed E-state index contributed by atoms with van der Waals surface area (Å²) in [6.07, 6.45) is 16.4. The van der Waals surface area contributed by atoms with E-state index in [1.807, 2.05) is 98.3 Å². The highest BCUT2D eigenvalue weighted by atomic mass is 16.5. The van der Waals surface area contributed by atoms with Gasteiger partial charge in [-0.3, -0.25) is 28.1 Å². The van der Waals surface area contributed by atoms with Gasteiger partial charge in [-0.2, -0.15) is 10.2 Å². The number of aryl methyl sites for hydroxylation is 2. The third kappa shape index (κ3) is 8.66. The molecular weight excluding hydrogens is 797 g/mol. The average Bonchev–Trinajstić information content (AvgIpc) is 4.02. The summed E-state index contributed by atoms with van der Waals surface area (Å²) in [5.74, 6) is 2.33. The van der Waals surface area contributed by atoms with Crippen molar-refractivity contribution in [3.05, 3.63) is 109 Å². The Hall–Kier alpha value is -7.22. The predicted octanol–water partition coefficient (Wildman–Crippen LogP) is 9.33. The molecule has 322 valence electrons. The lowest BCUT2D eigenvalue weighted by Gasteiger charge is -2.18. The number of hydrogen-bond acceptors (Lipinski definition) is 10. The van der Waals surface area contributed by atoms with Crippen LogP contribution in [-0.2, 0) is 14.1 Å². The van der Waals surface area contributed by atoms with Gasteiger partial charge in [0.2, 0.25) is 0 Å². The molecule has 2 aliphatic rings. The summed E-state index contributed by atoms with van der Waals surface area (Å²) in [4.78, 5) is 34.8. The topological polar surface area (TPSA) is 153 Å². The van der Waals surface area contributed by atoms with E-state index < -0.39 is 0 Å². The number of nitrogens with zero attached hydrogens (tertiary/aromatic N) is 8. The van der Waals surface area contributed by atoms with Crippen molar-refractivity contribution < 1.29 is 28.9 Å². The maximum atomic E-state index is 13.1. The molecule has 0 amide bonds. The average molecular weight is 847 g/mol. The summed E-state index contributed by atoms with van der Waals surface area (Å²) in [5.41, 5.74) is 10.0. The van der Waals surface area contributed by atoms with Gasteiger partial charge in [-0.25, -0.2) is 9.97 Å². The standard InChI is InChI=1S/C26H28N4O3.C23H22N4O3/c1-16(2)33-25-12-20(11-24(32-4)26(25)23(31)9-17-5-6-17)30-15-27-21-10-18(7-8-22(21)30)19-13-28-29(3)14-19;1-26-12-16(11-25-26)15-5-6-19-18(8-15)24-13-27(19)17-9-21(29)23(22(10-17)30-2)20(28)7-14-3-4-14/h7-8,10-17H,5-6,9H2,1-4H3;5-6,8-14,29H,3-4,7H2,1-2H3.